The molecule has 0 N–H and O–H groups in total. The molecule has 0 spiro atoms. The van der Waals surface area contributed by atoms with Crippen molar-refractivity contribution < 1.29 is 0 Å². The zero-order valence-electron chi connectivity index (χ0n) is 19.6. The van der Waals surface area contributed by atoms with E-state index in [-0.39, 0.29) is 6.71 Å². The monoisotopic (exact) mass is 476 g/mol. The van der Waals surface area contributed by atoms with E-state index in [9.17, 15) is 0 Å². The lowest BCUT2D eigenvalue weighted by Crippen LogP contribution is -2.61. The number of anilines is 2. The molecule has 0 bridgehead atoms. The Kier molecular flexibility index (Phi) is 3.63. The van der Waals surface area contributed by atoms with Gasteiger partial charge in [0, 0.05) is 26.8 Å². The topological polar surface area (TPSA) is 8.17 Å². The molecule has 168 valence electrons. The van der Waals surface area contributed by atoms with Gasteiger partial charge in [-0.1, -0.05) is 85.0 Å². The second-order valence-corrected chi connectivity index (χ2v) is 11.1. The summed E-state index contributed by atoms with van der Waals surface area (Å²) in [5.41, 5.74) is 9.71. The van der Waals surface area contributed by atoms with Gasteiger partial charge in [0.1, 0.15) is 0 Å². The van der Waals surface area contributed by atoms with Crippen molar-refractivity contribution in [3.63, 3.8) is 0 Å². The van der Waals surface area contributed by atoms with E-state index in [1.807, 2.05) is 11.3 Å². The van der Waals surface area contributed by atoms with Gasteiger partial charge < -0.3 is 9.47 Å². The summed E-state index contributed by atoms with van der Waals surface area (Å²) in [6.07, 6.45) is 10.0. The Labute approximate surface area is 213 Å². The molecule has 3 aliphatic rings. The van der Waals surface area contributed by atoms with E-state index in [0.717, 1.165) is 6.42 Å². The summed E-state index contributed by atoms with van der Waals surface area (Å²) in [5.74, 6) is 0. The minimum atomic E-state index is 0.224. The SMILES string of the molecule is C1=CCC(N2c3ccccc3B3c4c(sc5ccccc45)-n4c5ccccc5c5ccc2c3c54)C=C1. The van der Waals surface area contributed by atoms with E-state index in [0.29, 0.717) is 6.04 Å². The fraction of sp³-hybridized carbons (Fsp3) is 0.0625. The highest BCUT2D eigenvalue weighted by Crippen LogP contribution is 2.43. The van der Waals surface area contributed by atoms with E-state index in [4.69, 9.17) is 0 Å². The molecule has 9 rings (SSSR count). The van der Waals surface area contributed by atoms with Crippen LogP contribution in [0.4, 0.5) is 11.4 Å². The van der Waals surface area contributed by atoms with Crippen LogP contribution in [0, 0.1) is 0 Å². The first-order valence-electron chi connectivity index (χ1n) is 12.7. The Morgan fingerprint density at radius 2 is 1.56 bits per heavy atom. The second-order valence-electron chi connectivity index (χ2n) is 10.0. The summed E-state index contributed by atoms with van der Waals surface area (Å²) in [6, 6.07) is 32.1. The highest BCUT2D eigenvalue weighted by molar-refractivity contribution is 7.25. The van der Waals surface area contributed by atoms with Gasteiger partial charge in [0.05, 0.1) is 22.1 Å². The number of rotatable bonds is 1. The minimum absolute atomic E-state index is 0.224. The maximum atomic E-state index is 2.60. The third kappa shape index (κ3) is 2.24. The fourth-order valence-corrected chi connectivity index (χ4v) is 8.19. The number of benzene rings is 4. The van der Waals surface area contributed by atoms with Gasteiger partial charge in [0.25, 0.3) is 6.71 Å². The number of hydrogen-bond donors (Lipinski definition) is 0. The van der Waals surface area contributed by atoms with Crippen LogP contribution >= 0.6 is 11.3 Å². The molecule has 36 heavy (non-hydrogen) atoms. The van der Waals surface area contributed by atoms with Crippen LogP contribution in [0.25, 0.3) is 36.9 Å². The summed E-state index contributed by atoms with van der Waals surface area (Å²) in [6.45, 7) is 0.224. The lowest BCUT2D eigenvalue weighted by atomic mass is 9.34. The van der Waals surface area contributed by atoms with Gasteiger partial charge >= 0.3 is 0 Å². The van der Waals surface area contributed by atoms with Crippen molar-refractivity contribution in [2.75, 3.05) is 4.90 Å². The molecule has 0 saturated carbocycles. The van der Waals surface area contributed by atoms with Crippen molar-refractivity contribution >= 4 is 77.7 Å². The zero-order valence-corrected chi connectivity index (χ0v) is 20.4. The van der Waals surface area contributed by atoms with Crippen LogP contribution in [0.1, 0.15) is 6.42 Å². The predicted molar refractivity (Wildman–Crippen MR) is 156 cm³/mol. The molecule has 1 unspecified atom stereocenters. The largest absolute Gasteiger partial charge is 0.335 e. The Hall–Kier alpha value is -4.02. The number of fused-ring (bicyclic) bond motifs is 10. The first-order valence-corrected chi connectivity index (χ1v) is 13.5. The van der Waals surface area contributed by atoms with Crippen molar-refractivity contribution in [3.05, 3.63) is 109 Å². The van der Waals surface area contributed by atoms with Crippen LogP contribution in [0.2, 0.25) is 0 Å². The number of thiophene rings is 1. The smallest absolute Gasteiger partial charge is 0.254 e. The number of hydrogen-bond acceptors (Lipinski definition) is 2. The second kappa shape index (κ2) is 6.80. The Morgan fingerprint density at radius 3 is 2.47 bits per heavy atom. The lowest BCUT2D eigenvalue weighted by Gasteiger charge is -2.42. The summed E-state index contributed by atoms with van der Waals surface area (Å²) >= 11 is 1.94. The number of nitrogens with zero attached hydrogens (tertiary/aromatic N) is 2. The van der Waals surface area contributed by atoms with Gasteiger partial charge in [-0.2, -0.15) is 0 Å². The average Bonchev–Trinajstić information content (AvgIpc) is 3.49. The van der Waals surface area contributed by atoms with E-state index >= 15 is 0 Å². The van der Waals surface area contributed by atoms with Gasteiger partial charge in [-0.25, -0.2) is 0 Å². The van der Waals surface area contributed by atoms with E-state index in [1.165, 1.54) is 64.7 Å². The lowest BCUT2D eigenvalue weighted by molar-refractivity contribution is 0.787. The maximum absolute atomic E-state index is 2.60. The molecule has 1 atom stereocenters. The molecule has 4 heteroatoms. The van der Waals surface area contributed by atoms with E-state index < -0.39 is 0 Å². The highest BCUT2D eigenvalue weighted by Gasteiger charge is 2.44. The van der Waals surface area contributed by atoms with E-state index in [1.54, 1.807) is 0 Å². The van der Waals surface area contributed by atoms with Crippen molar-refractivity contribution in [3.8, 4) is 5.00 Å². The Balaban J connectivity index is 1.50. The van der Waals surface area contributed by atoms with Crippen molar-refractivity contribution in [1.29, 1.82) is 0 Å². The first-order chi connectivity index (χ1) is 17.9. The summed E-state index contributed by atoms with van der Waals surface area (Å²) < 4.78 is 3.94. The molecule has 0 amide bonds. The quantitative estimate of drug-likeness (QED) is 0.258. The van der Waals surface area contributed by atoms with Crippen molar-refractivity contribution in [2.45, 2.75) is 12.5 Å². The van der Waals surface area contributed by atoms with Gasteiger partial charge in [-0.15, -0.1) is 11.3 Å². The molecule has 0 radical (unpaired) electrons. The Bertz CT molecular complexity index is 1960. The van der Waals surface area contributed by atoms with Gasteiger partial charge in [-0.3, -0.25) is 0 Å². The number of aromatic nitrogens is 1. The van der Waals surface area contributed by atoms with Gasteiger partial charge in [-0.05, 0) is 52.5 Å². The molecular formula is C32H21BN2S. The predicted octanol–water partition coefficient (Wildman–Crippen LogP) is 6.16. The summed E-state index contributed by atoms with van der Waals surface area (Å²) in [5, 5.41) is 5.46. The molecule has 6 aromatic rings. The standard InChI is InChI=1S/C32H21BN2S/c1-2-10-20(11-3-1)34-26-16-8-6-14-24(26)33-29-23-13-5-9-17-28(23)36-32(29)35-25-15-7-4-12-21(25)22-18-19-27(34)30(33)31(22)35/h1-10,12-20H,11H2. The first kappa shape index (κ1) is 19.2. The third-order valence-corrected chi connectivity index (χ3v) is 9.48. The number of allylic oxidation sites excluding steroid dienone is 2. The summed E-state index contributed by atoms with van der Waals surface area (Å²) in [4.78, 5) is 2.60. The van der Waals surface area contributed by atoms with Crippen LogP contribution in [0.15, 0.2) is 109 Å². The molecule has 2 aromatic heterocycles. The van der Waals surface area contributed by atoms with Crippen molar-refractivity contribution in [2.24, 2.45) is 0 Å². The van der Waals surface area contributed by atoms with Gasteiger partial charge in [0.15, 0.2) is 0 Å². The van der Waals surface area contributed by atoms with Crippen molar-refractivity contribution in [1.82, 2.24) is 4.57 Å². The zero-order chi connectivity index (χ0) is 23.4. The minimum Gasteiger partial charge on any atom is -0.335 e. The van der Waals surface area contributed by atoms with E-state index in [2.05, 4.69) is 119 Å². The molecule has 2 nitrogen and oxygen atoms in total. The molecule has 2 aliphatic heterocycles. The van der Waals surface area contributed by atoms with Gasteiger partial charge in [0.2, 0.25) is 0 Å². The van der Waals surface area contributed by atoms with Crippen LogP contribution in [0.5, 0.6) is 0 Å². The third-order valence-electron chi connectivity index (χ3n) is 8.30. The normalized spacial score (nSPS) is 17.3. The fourth-order valence-electron chi connectivity index (χ4n) is 6.93. The molecule has 1 aliphatic carbocycles. The summed E-state index contributed by atoms with van der Waals surface area (Å²) in [7, 11) is 0. The average molecular weight is 476 g/mol. The van der Waals surface area contributed by atoms with Crippen LogP contribution in [0.3, 0.4) is 0 Å². The molecule has 4 aromatic carbocycles. The number of para-hydroxylation sites is 2. The highest BCUT2D eigenvalue weighted by atomic mass is 32.1. The van der Waals surface area contributed by atoms with Crippen LogP contribution in [-0.4, -0.2) is 17.3 Å². The Morgan fingerprint density at radius 1 is 0.722 bits per heavy atom. The molecule has 0 saturated heterocycles. The molecule has 4 heterocycles. The molecule has 0 fully saturated rings. The van der Waals surface area contributed by atoms with Crippen LogP contribution < -0.4 is 21.3 Å². The van der Waals surface area contributed by atoms with Crippen LogP contribution in [-0.2, 0) is 0 Å². The maximum Gasteiger partial charge on any atom is 0.254 e. The molecular weight excluding hydrogens is 455 g/mol.